The van der Waals surface area contributed by atoms with Crippen LogP contribution in [0.2, 0.25) is 0 Å². The predicted octanol–water partition coefficient (Wildman–Crippen LogP) is 3.39. The largest absolute Gasteiger partial charge is 0.353 e. The van der Waals surface area contributed by atoms with Crippen LogP contribution in [0.5, 0.6) is 0 Å². The summed E-state index contributed by atoms with van der Waals surface area (Å²) in [6.45, 7) is 1.99. The van der Waals surface area contributed by atoms with Crippen LogP contribution < -0.4 is 10.6 Å². The van der Waals surface area contributed by atoms with Crippen molar-refractivity contribution in [2.24, 2.45) is 0 Å². The van der Waals surface area contributed by atoms with E-state index < -0.39 is 0 Å². The lowest BCUT2D eigenvalue weighted by molar-refractivity contribution is -0.119. The van der Waals surface area contributed by atoms with Crippen molar-refractivity contribution in [2.75, 3.05) is 11.1 Å². The number of benzene rings is 1. The standard InChI is InChI=1S/C18H22N4O2S2/c1-12-6-8-14(9-7-12)20-17(24)18-22-21-16(26-18)11-25-10-15(23)19-13-4-2-3-5-13/h6-9,13H,2-5,10-11H2,1H3,(H,19,23)(H,20,24). The van der Waals surface area contributed by atoms with Gasteiger partial charge in [0.15, 0.2) is 0 Å². The summed E-state index contributed by atoms with van der Waals surface area (Å²) in [4.78, 5) is 24.1. The molecule has 1 aromatic heterocycles. The summed E-state index contributed by atoms with van der Waals surface area (Å²) < 4.78 is 0. The van der Waals surface area contributed by atoms with Crippen LogP contribution in [-0.4, -0.2) is 33.8 Å². The molecule has 1 aliphatic carbocycles. The molecular formula is C18H22N4O2S2. The third kappa shape index (κ3) is 5.54. The molecule has 0 spiro atoms. The predicted molar refractivity (Wildman–Crippen MR) is 106 cm³/mol. The van der Waals surface area contributed by atoms with Crippen LogP contribution in [0.15, 0.2) is 24.3 Å². The van der Waals surface area contributed by atoms with E-state index in [0.717, 1.165) is 29.1 Å². The highest BCUT2D eigenvalue weighted by molar-refractivity contribution is 7.99. The summed E-state index contributed by atoms with van der Waals surface area (Å²) in [6.07, 6.45) is 4.59. The first-order valence-electron chi connectivity index (χ1n) is 8.67. The number of hydrogen-bond donors (Lipinski definition) is 2. The first kappa shape index (κ1) is 18.8. The van der Waals surface area contributed by atoms with E-state index in [2.05, 4.69) is 20.8 Å². The highest BCUT2D eigenvalue weighted by atomic mass is 32.2. The fraction of sp³-hybridized carbons (Fsp3) is 0.444. The molecule has 1 aromatic carbocycles. The zero-order valence-electron chi connectivity index (χ0n) is 14.7. The number of amides is 2. The molecule has 0 saturated heterocycles. The fourth-order valence-corrected chi connectivity index (χ4v) is 4.41. The average molecular weight is 391 g/mol. The number of nitrogens with zero attached hydrogens (tertiary/aromatic N) is 2. The van der Waals surface area contributed by atoms with Crippen molar-refractivity contribution in [3.63, 3.8) is 0 Å². The number of aryl methyl sites for hydroxylation is 1. The molecule has 0 aliphatic heterocycles. The third-order valence-electron chi connectivity index (χ3n) is 4.15. The zero-order chi connectivity index (χ0) is 18.4. The van der Waals surface area contributed by atoms with Crippen LogP contribution in [-0.2, 0) is 10.5 Å². The SMILES string of the molecule is Cc1ccc(NC(=O)c2nnc(CSCC(=O)NC3CCCC3)s2)cc1. The molecule has 2 N–H and O–H groups in total. The van der Waals surface area contributed by atoms with Gasteiger partial charge in [-0.2, -0.15) is 0 Å². The van der Waals surface area contributed by atoms with Crippen LogP contribution in [0.4, 0.5) is 5.69 Å². The van der Waals surface area contributed by atoms with Gasteiger partial charge in [-0.1, -0.05) is 41.9 Å². The summed E-state index contributed by atoms with van der Waals surface area (Å²) in [6, 6.07) is 7.94. The Morgan fingerprint density at radius 2 is 1.92 bits per heavy atom. The molecule has 3 rings (SSSR count). The third-order valence-corrected chi connectivity index (χ3v) is 6.20. The van der Waals surface area contributed by atoms with Gasteiger partial charge in [0, 0.05) is 17.5 Å². The first-order valence-corrected chi connectivity index (χ1v) is 10.6. The number of carbonyl (C=O) groups is 2. The topological polar surface area (TPSA) is 84.0 Å². The van der Waals surface area contributed by atoms with Crippen LogP contribution in [0.3, 0.4) is 0 Å². The van der Waals surface area contributed by atoms with Gasteiger partial charge in [-0.25, -0.2) is 0 Å². The average Bonchev–Trinajstić information content (AvgIpc) is 3.29. The Morgan fingerprint density at radius 1 is 1.19 bits per heavy atom. The Morgan fingerprint density at radius 3 is 2.65 bits per heavy atom. The molecule has 1 saturated carbocycles. The van der Waals surface area contributed by atoms with E-state index in [1.165, 1.54) is 35.9 Å². The molecular weight excluding hydrogens is 368 g/mol. The number of thioether (sulfide) groups is 1. The van der Waals surface area contributed by atoms with Crippen molar-refractivity contribution in [2.45, 2.75) is 44.4 Å². The van der Waals surface area contributed by atoms with Gasteiger partial charge in [0.2, 0.25) is 10.9 Å². The lowest BCUT2D eigenvalue weighted by Gasteiger charge is -2.10. The molecule has 1 heterocycles. The number of hydrogen-bond acceptors (Lipinski definition) is 6. The lowest BCUT2D eigenvalue weighted by atomic mass is 10.2. The van der Waals surface area contributed by atoms with E-state index in [9.17, 15) is 9.59 Å². The smallest absolute Gasteiger partial charge is 0.286 e. The van der Waals surface area contributed by atoms with Gasteiger partial charge in [-0.15, -0.1) is 22.0 Å². The summed E-state index contributed by atoms with van der Waals surface area (Å²) in [5.74, 6) is 0.791. The van der Waals surface area contributed by atoms with Gasteiger partial charge in [0.25, 0.3) is 5.91 Å². The van der Waals surface area contributed by atoms with E-state index in [0.29, 0.717) is 22.6 Å². The minimum absolute atomic E-state index is 0.0729. The molecule has 8 heteroatoms. The summed E-state index contributed by atoms with van der Waals surface area (Å²) in [5, 5.41) is 15.0. The van der Waals surface area contributed by atoms with Gasteiger partial charge in [0.05, 0.1) is 5.75 Å². The molecule has 2 amide bonds. The normalized spacial score (nSPS) is 14.3. The Hall–Kier alpha value is -1.93. The van der Waals surface area contributed by atoms with Crippen molar-refractivity contribution in [3.8, 4) is 0 Å². The molecule has 0 bridgehead atoms. The molecule has 138 valence electrons. The maximum absolute atomic E-state index is 12.2. The van der Waals surface area contributed by atoms with E-state index >= 15 is 0 Å². The molecule has 0 radical (unpaired) electrons. The van der Waals surface area contributed by atoms with Crippen LogP contribution in [0.1, 0.15) is 46.1 Å². The molecule has 26 heavy (non-hydrogen) atoms. The monoisotopic (exact) mass is 390 g/mol. The second-order valence-corrected chi connectivity index (χ2v) is 8.41. The Kier molecular flexibility index (Phi) is 6.62. The lowest BCUT2D eigenvalue weighted by Crippen LogP contribution is -2.33. The summed E-state index contributed by atoms with van der Waals surface area (Å²) in [5.41, 5.74) is 1.87. The number of rotatable bonds is 7. The van der Waals surface area contributed by atoms with Crippen LogP contribution in [0.25, 0.3) is 0 Å². The Balaban J connectivity index is 1.42. The van der Waals surface area contributed by atoms with Gasteiger partial charge in [0.1, 0.15) is 5.01 Å². The number of nitrogens with one attached hydrogen (secondary N) is 2. The molecule has 1 aliphatic rings. The van der Waals surface area contributed by atoms with Crippen molar-refractivity contribution in [3.05, 3.63) is 39.8 Å². The quantitative estimate of drug-likeness (QED) is 0.757. The van der Waals surface area contributed by atoms with Crippen molar-refractivity contribution in [1.82, 2.24) is 15.5 Å². The minimum atomic E-state index is -0.262. The second kappa shape index (κ2) is 9.14. The number of aromatic nitrogens is 2. The number of anilines is 1. The van der Waals surface area contributed by atoms with Gasteiger partial charge < -0.3 is 10.6 Å². The minimum Gasteiger partial charge on any atom is -0.353 e. The summed E-state index contributed by atoms with van der Waals surface area (Å²) in [7, 11) is 0. The van der Waals surface area contributed by atoms with E-state index in [4.69, 9.17) is 0 Å². The first-order chi connectivity index (χ1) is 12.6. The molecule has 1 fully saturated rings. The van der Waals surface area contributed by atoms with Crippen LogP contribution in [0, 0.1) is 6.92 Å². The van der Waals surface area contributed by atoms with Gasteiger partial charge >= 0.3 is 0 Å². The highest BCUT2D eigenvalue weighted by Gasteiger charge is 2.17. The van der Waals surface area contributed by atoms with Crippen molar-refractivity contribution in [1.29, 1.82) is 0 Å². The van der Waals surface area contributed by atoms with Crippen molar-refractivity contribution < 1.29 is 9.59 Å². The molecule has 2 aromatic rings. The summed E-state index contributed by atoms with van der Waals surface area (Å²) >= 11 is 2.75. The van der Waals surface area contributed by atoms with E-state index in [1.54, 1.807) is 0 Å². The molecule has 0 unspecified atom stereocenters. The maximum Gasteiger partial charge on any atom is 0.286 e. The van der Waals surface area contributed by atoms with Gasteiger partial charge in [-0.3, -0.25) is 9.59 Å². The number of carbonyl (C=O) groups excluding carboxylic acids is 2. The Labute approximate surface area is 161 Å². The maximum atomic E-state index is 12.2. The fourth-order valence-electron chi connectivity index (χ4n) is 2.80. The highest BCUT2D eigenvalue weighted by Crippen LogP contribution is 2.20. The van der Waals surface area contributed by atoms with Crippen LogP contribution >= 0.6 is 23.1 Å². The zero-order valence-corrected chi connectivity index (χ0v) is 16.3. The molecule has 6 nitrogen and oxygen atoms in total. The van der Waals surface area contributed by atoms with Crippen molar-refractivity contribution >= 4 is 40.6 Å². The Bertz CT molecular complexity index is 755. The van der Waals surface area contributed by atoms with Gasteiger partial charge in [-0.05, 0) is 31.9 Å². The molecule has 0 atom stereocenters. The van der Waals surface area contributed by atoms with E-state index in [1.807, 2.05) is 31.2 Å². The van der Waals surface area contributed by atoms with E-state index in [-0.39, 0.29) is 11.8 Å². The second-order valence-electron chi connectivity index (χ2n) is 6.36.